The van der Waals surface area contributed by atoms with Gasteiger partial charge in [0.05, 0.1) is 6.61 Å². The summed E-state index contributed by atoms with van der Waals surface area (Å²) >= 11 is 0. The molecule has 30 heavy (non-hydrogen) atoms. The van der Waals surface area contributed by atoms with Crippen molar-refractivity contribution in [2.45, 2.75) is 40.3 Å². The van der Waals surface area contributed by atoms with Gasteiger partial charge in [0.2, 0.25) is 0 Å². The fourth-order valence-corrected chi connectivity index (χ4v) is 3.68. The van der Waals surface area contributed by atoms with Crippen molar-refractivity contribution in [2.75, 3.05) is 6.61 Å². The topological polar surface area (TPSA) is 64.1 Å². The molecule has 3 rings (SSSR count). The van der Waals surface area contributed by atoms with Crippen LogP contribution in [0.2, 0.25) is 0 Å². The van der Waals surface area contributed by atoms with Gasteiger partial charge in [0.25, 0.3) is 5.56 Å². The van der Waals surface area contributed by atoms with Gasteiger partial charge in [-0.05, 0) is 31.4 Å². The smallest absolute Gasteiger partial charge is 0.330 e. The van der Waals surface area contributed by atoms with Crippen molar-refractivity contribution in [2.24, 2.45) is 0 Å². The minimum atomic E-state index is -0.441. The molecule has 5 heteroatoms. The third-order valence-electron chi connectivity index (χ3n) is 4.96. The molecule has 0 saturated heterocycles. The summed E-state index contributed by atoms with van der Waals surface area (Å²) in [5.41, 5.74) is 5.05. The Morgan fingerprint density at radius 2 is 1.73 bits per heavy atom. The Bertz CT molecular complexity index is 1120. The van der Waals surface area contributed by atoms with Crippen LogP contribution >= 0.6 is 0 Å². The van der Waals surface area contributed by atoms with E-state index < -0.39 is 5.69 Å². The largest absolute Gasteiger partial charge is 0.357 e. The first-order valence-electron chi connectivity index (χ1n) is 10.2. The minimum absolute atomic E-state index is 0.0852. The lowest BCUT2D eigenvalue weighted by molar-refractivity contribution is 0.0944. The predicted octanol–water partition coefficient (Wildman–Crippen LogP) is 3.99. The van der Waals surface area contributed by atoms with Crippen LogP contribution in [-0.2, 0) is 24.3 Å². The maximum absolute atomic E-state index is 12.5. The van der Waals surface area contributed by atoms with Gasteiger partial charge in [-0.2, -0.15) is 0 Å². The number of ether oxygens (including phenoxy) is 1. The van der Waals surface area contributed by atoms with Crippen LogP contribution in [0.15, 0.2) is 64.2 Å². The maximum Gasteiger partial charge on any atom is 0.330 e. The number of rotatable bonds is 8. The molecule has 0 radical (unpaired) electrons. The number of nitrogens with one attached hydrogen (secondary N) is 1. The average molecular weight is 405 g/mol. The molecule has 0 saturated carbocycles. The molecular weight excluding hydrogens is 376 g/mol. The van der Waals surface area contributed by atoms with Crippen LogP contribution in [0.25, 0.3) is 6.08 Å². The van der Waals surface area contributed by atoms with E-state index in [2.05, 4.69) is 23.2 Å². The Balaban J connectivity index is 1.83. The molecule has 0 amide bonds. The standard InChI is InChI=1S/C25H28N2O3/c1-4-22-23(16-21-14-18(2)13-19(3)15-21)27(25(29)26-24(22)28)17-30-12-8-11-20-9-6-5-7-10-20/h5-11,13-15H,4,12,16-17H2,1-3H3,(H,26,28,29). The normalized spacial score (nSPS) is 11.3. The number of aromatic amines is 1. The molecule has 0 fully saturated rings. The zero-order chi connectivity index (χ0) is 21.5. The number of hydrogen-bond donors (Lipinski definition) is 1. The van der Waals surface area contributed by atoms with Gasteiger partial charge in [-0.1, -0.05) is 78.7 Å². The average Bonchev–Trinajstić information content (AvgIpc) is 2.70. The fourth-order valence-electron chi connectivity index (χ4n) is 3.68. The van der Waals surface area contributed by atoms with Crippen LogP contribution < -0.4 is 11.2 Å². The molecule has 0 bridgehead atoms. The van der Waals surface area contributed by atoms with E-state index in [4.69, 9.17) is 4.74 Å². The van der Waals surface area contributed by atoms with Crippen molar-refractivity contribution >= 4 is 6.08 Å². The van der Waals surface area contributed by atoms with Gasteiger partial charge in [-0.25, -0.2) is 4.79 Å². The van der Waals surface area contributed by atoms with Gasteiger partial charge in [0.15, 0.2) is 0 Å². The van der Waals surface area contributed by atoms with E-state index in [-0.39, 0.29) is 12.3 Å². The lowest BCUT2D eigenvalue weighted by Crippen LogP contribution is -2.36. The summed E-state index contributed by atoms with van der Waals surface area (Å²) in [5, 5.41) is 0. The van der Waals surface area contributed by atoms with E-state index in [1.165, 1.54) is 4.57 Å². The van der Waals surface area contributed by atoms with Crippen LogP contribution in [0.4, 0.5) is 0 Å². The maximum atomic E-state index is 12.5. The molecule has 0 aliphatic heterocycles. The van der Waals surface area contributed by atoms with Crippen LogP contribution in [0.3, 0.4) is 0 Å². The molecule has 0 aliphatic rings. The predicted molar refractivity (Wildman–Crippen MR) is 121 cm³/mol. The summed E-state index contributed by atoms with van der Waals surface area (Å²) in [7, 11) is 0. The number of benzene rings is 2. The summed E-state index contributed by atoms with van der Waals surface area (Å²) in [6.07, 6.45) is 4.94. The number of hydrogen-bond acceptors (Lipinski definition) is 3. The molecule has 2 aromatic carbocycles. The lowest BCUT2D eigenvalue weighted by Gasteiger charge is -2.16. The number of H-pyrrole nitrogens is 1. The Hall–Kier alpha value is -3.18. The molecular formula is C25H28N2O3. The zero-order valence-electron chi connectivity index (χ0n) is 17.8. The molecule has 0 atom stereocenters. The summed E-state index contributed by atoms with van der Waals surface area (Å²) in [6.45, 7) is 6.47. The van der Waals surface area contributed by atoms with Gasteiger partial charge >= 0.3 is 5.69 Å². The SMILES string of the molecule is CCc1c(Cc2cc(C)cc(C)c2)n(COCC=Cc2ccccc2)c(=O)[nH]c1=O. The third kappa shape index (κ3) is 5.45. The van der Waals surface area contributed by atoms with E-state index in [0.717, 1.165) is 22.3 Å². The van der Waals surface area contributed by atoms with E-state index in [1.807, 2.05) is 63.3 Å². The second-order valence-corrected chi connectivity index (χ2v) is 7.45. The van der Waals surface area contributed by atoms with E-state index in [1.54, 1.807) is 0 Å². The van der Waals surface area contributed by atoms with Gasteiger partial charge in [-0.15, -0.1) is 0 Å². The summed E-state index contributed by atoms with van der Waals surface area (Å²) in [5.74, 6) is 0. The molecule has 3 aromatic rings. The third-order valence-corrected chi connectivity index (χ3v) is 4.96. The van der Waals surface area contributed by atoms with Gasteiger partial charge in [-0.3, -0.25) is 14.3 Å². The summed E-state index contributed by atoms with van der Waals surface area (Å²) in [6, 6.07) is 16.2. The minimum Gasteiger partial charge on any atom is -0.357 e. The fraction of sp³-hybridized carbons (Fsp3) is 0.280. The van der Waals surface area contributed by atoms with Crippen LogP contribution in [-0.4, -0.2) is 16.2 Å². The highest BCUT2D eigenvalue weighted by atomic mass is 16.5. The van der Waals surface area contributed by atoms with E-state index >= 15 is 0 Å². The van der Waals surface area contributed by atoms with Crippen LogP contribution in [0.5, 0.6) is 0 Å². The monoisotopic (exact) mass is 404 g/mol. The Morgan fingerprint density at radius 1 is 1.03 bits per heavy atom. The first kappa shape index (κ1) is 21.5. The highest BCUT2D eigenvalue weighted by Crippen LogP contribution is 2.15. The van der Waals surface area contributed by atoms with Crippen LogP contribution in [0.1, 0.15) is 40.4 Å². The molecule has 1 heterocycles. The summed E-state index contributed by atoms with van der Waals surface area (Å²) in [4.78, 5) is 27.4. The summed E-state index contributed by atoms with van der Waals surface area (Å²) < 4.78 is 7.28. The Kier molecular flexibility index (Phi) is 7.20. The highest BCUT2D eigenvalue weighted by Gasteiger charge is 2.14. The quantitative estimate of drug-likeness (QED) is 0.577. The van der Waals surface area contributed by atoms with Crippen molar-refractivity contribution < 1.29 is 4.74 Å². The van der Waals surface area contributed by atoms with Crippen molar-refractivity contribution in [1.29, 1.82) is 0 Å². The molecule has 156 valence electrons. The second kappa shape index (κ2) is 10.0. The number of nitrogens with zero attached hydrogens (tertiary/aromatic N) is 1. The van der Waals surface area contributed by atoms with Crippen molar-refractivity contribution in [3.63, 3.8) is 0 Å². The molecule has 0 aliphatic carbocycles. The molecule has 5 nitrogen and oxygen atoms in total. The number of aromatic nitrogens is 2. The molecule has 1 aromatic heterocycles. The van der Waals surface area contributed by atoms with Gasteiger partial charge in [0.1, 0.15) is 6.73 Å². The first-order valence-corrected chi connectivity index (χ1v) is 10.2. The van der Waals surface area contributed by atoms with Crippen molar-refractivity contribution in [1.82, 2.24) is 9.55 Å². The zero-order valence-corrected chi connectivity index (χ0v) is 17.8. The van der Waals surface area contributed by atoms with Gasteiger partial charge in [0, 0.05) is 17.7 Å². The van der Waals surface area contributed by atoms with Crippen molar-refractivity contribution in [3.8, 4) is 0 Å². The van der Waals surface area contributed by atoms with E-state index in [0.29, 0.717) is 30.7 Å². The highest BCUT2D eigenvalue weighted by molar-refractivity contribution is 5.48. The van der Waals surface area contributed by atoms with Crippen molar-refractivity contribution in [3.05, 3.63) is 109 Å². The molecule has 1 N–H and O–H groups in total. The Morgan fingerprint density at radius 3 is 2.40 bits per heavy atom. The van der Waals surface area contributed by atoms with Crippen LogP contribution in [0, 0.1) is 13.8 Å². The lowest BCUT2D eigenvalue weighted by atomic mass is 10.0. The van der Waals surface area contributed by atoms with Gasteiger partial charge < -0.3 is 4.74 Å². The number of aryl methyl sites for hydroxylation is 2. The molecule has 0 unspecified atom stereocenters. The molecule has 0 spiro atoms. The first-order chi connectivity index (χ1) is 14.5. The van der Waals surface area contributed by atoms with E-state index in [9.17, 15) is 9.59 Å². The Labute approximate surface area is 176 Å². The second-order valence-electron chi connectivity index (χ2n) is 7.45.